The molecule has 0 radical (unpaired) electrons. The van der Waals surface area contributed by atoms with E-state index in [-0.39, 0.29) is 42.8 Å². The smallest absolute Gasteiger partial charge is 0.747 e. The predicted molar refractivity (Wildman–Crippen MR) is 122 cm³/mol. The van der Waals surface area contributed by atoms with Crippen LogP contribution >= 0.6 is 0 Å². The molecule has 0 fully saturated rings. The molecule has 0 aromatic rings. The van der Waals surface area contributed by atoms with Gasteiger partial charge in [0.1, 0.15) is 10.1 Å². The van der Waals surface area contributed by atoms with E-state index in [4.69, 9.17) is 29.2 Å². The number of ether oxygens (including phenoxy) is 4. The number of aliphatic hydroxyl groups is 1. The summed E-state index contributed by atoms with van der Waals surface area (Å²) in [5.41, 5.74) is 0. The van der Waals surface area contributed by atoms with E-state index >= 15 is 0 Å². The Bertz CT molecular complexity index is 617. The van der Waals surface area contributed by atoms with Gasteiger partial charge in [0.25, 0.3) is 0 Å². The Hall–Kier alpha value is -0.310. The number of unbranched alkanes of at least 4 members (excludes halogenated alkanes) is 9. The van der Waals surface area contributed by atoms with Crippen LogP contribution in [0.2, 0.25) is 0 Å². The van der Waals surface area contributed by atoms with Crippen molar-refractivity contribution in [3.63, 3.8) is 0 Å². The maximum Gasteiger partial charge on any atom is 1.00 e. The summed E-state index contributed by atoms with van der Waals surface area (Å²) in [5.74, 6) is -2.84. The van der Waals surface area contributed by atoms with E-state index in [1.807, 2.05) is 0 Å². The molecule has 1 unspecified atom stereocenters. The van der Waals surface area contributed by atoms with E-state index in [0.717, 1.165) is 45.1 Å². The van der Waals surface area contributed by atoms with Gasteiger partial charge in [-0.15, -0.1) is 0 Å². The number of carbonyl (C=O) groups is 2. The summed E-state index contributed by atoms with van der Waals surface area (Å²) < 4.78 is 53.2. The second kappa shape index (κ2) is 25.3. The Labute approximate surface area is 231 Å². The van der Waals surface area contributed by atoms with Crippen molar-refractivity contribution in [3.05, 3.63) is 0 Å². The molecule has 0 spiro atoms. The van der Waals surface area contributed by atoms with E-state index < -0.39 is 33.7 Å². The molecule has 202 valence electrons. The van der Waals surface area contributed by atoms with Crippen LogP contribution in [0.3, 0.4) is 0 Å². The van der Waals surface area contributed by atoms with E-state index in [0.29, 0.717) is 39.5 Å². The van der Waals surface area contributed by atoms with Gasteiger partial charge in [-0.1, -0.05) is 51.4 Å². The van der Waals surface area contributed by atoms with Crippen LogP contribution in [0.1, 0.15) is 70.6 Å². The number of aliphatic carboxylic acids is 1. The third-order valence-electron chi connectivity index (χ3n) is 4.90. The SMILES string of the molecule is O=C(CC(C(=O)O)S(=O)(=O)[O-])OCCCCCCCCCCCCOCCOCCOCCO.[Na+]. The molecule has 0 rings (SSSR count). The van der Waals surface area contributed by atoms with Gasteiger partial charge in [0.2, 0.25) is 0 Å². The minimum absolute atomic E-state index is 0. The molecule has 11 nitrogen and oxygen atoms in total. The zero-order chi connectivity index (χ0) is 25.5. The van der Waals surface area contributed by atoms with Gasteiger partial charge < -0.3 is 33.7 Å². The zero-order valence-electron chi connectivity index (χ0n) is 21.0. The molecule has 0 bridgehead atoms. The number of carboxylic acid groups (broad SMARTS) is 1. The molecule has 2 N–H and O–H groups in total. The molecule has 0 aromatic heterocycles. The van der Waals surface area contributed by atoms with Gasteiger partial charge in [-0.25, -0.2) is 8.42 Å². The first-order valence-corrected chi connectivity index (χ1v) is 13.4. The molecule has 1 atom stereocenters. The van der Waals surface area contributed by atoms with Gasteiger partial charge >= 0.3 is 41.5 Å². The maximum absolute atomic E-state index is 11.5. The molecule has 35 heavy (non-hydrogen) atoms. The standard InChI is InChI=1S/C22H42O11S.Na/c23-11-14-31-16-18-32-17-15-30-12-9-7-5-3-1-2-4-6-8-10-13-33-21(24)19-20(22(25)26)34(27,28)29;/h20,23H,1-19H2,(H,25,26)(H,27,28,29);/q;+1/p-1. The van der Waals surface area contributed by atoms with Crippen molar-refractivity contribution in [1.29, 1.82) is 0 Å². The second-order valence-corrected chi connectivity index (χ2v) is 9.40. The van der Waals surface area contributed by atoms with Gasteiger partial charge in [-0.3, -0.25) is 9.59 Å². The Morgan fingerprint density at radius 2 is 1.09 bits per heavy atom. The fraction of sp³-hybridized carbons (Fsp3) is 0.909. The van der Waals surface area contributed by atoms with E-state index in [2.05, 4.69) is 0 Å². The van der Waals surface area contributed by atoms with Gasteiger partial charge in [0.05, 0.1) is 52.7 Å². The van der Waals surface area contributed by atoms with Gasteiger partial charge in [0.15, 0.2) is 5.25 Å². The summed E-state index contributed by atoms with van der Waals surface area (Å²) in [7, 11) is -5.09. The fourth-order valence-corrected chi connectivity index (χ4v) is 3.62. The Morgan fingerprint density at radius 1 is 0.686 bits per heavy atom. The average molecular weight is 537 g/mol. The predicted octanol–water partition coefficient (Wildman–Crippen LogP) is -1.13. The van der Waals surface area contributed by atoms with Crippen LogP contribution in [-0.4, -0.2) is 93.2 Å². The largest absolute Gasteiger partial charge is 1.00 e. The van der Waals surface area contributed by atoms with Crippen LogP contribution in [0.15, 0.2) is 0 Å². The van der Waals surface area contributed by atoms with Crippen LogP contribution in [0.4, 0.5) is 0 Å². The molecule has 0 amide bonds. The Balaban J connectivity index is 0. The molecule has 0 saturated carbocycles. The summed E-state index contributed by atoms with van der Waals surface area (Å²) in [5, 5.41) is 14.9. The third kappa shape index (κ3) is 25.1. The third-order valence-corrected chi connectivity index (χ3v) is 5.97. The molecule has 0 saturated heterocycles. The van der Waals surface area contributed by atoms with Crippen LogP contribution < -0.4 is 29.6 Å². The number of rotatable bonds is 25. The zero-order valence-corrected chi connectivity index (χ0v) is 23.8. The maximum atomic E-state index is 11.5. The summed E-state index contributed by atoms with van der Waals surface area (Å²) in [4.78, 5) is 22.2. The number of carbonyl (C=O) groups excluding carboxylic acids is 1. The van der Waals surface area contributed by atoms with Crippen molar-refractivity contribution < 1.29 is 81.3 Å². The monoisotopic (exact) mass is 536 g/mol. The molecular formula is C22H41NaO11S. The fourth-order valence-electron chi connectivity index (χ4n) is 3.04. The van der Waals surface area contributed by atoms with Gasteiger partial charge in [-0.05, 0) is 12.8 Å². The minimum atomic E-state index is -5.09. The number of aliphatic hydroxyl groups excluding tert-OH is 1. The number of esters is 1. The topological polar surface area (TPSA) is 169 Å². The minimum Gasteiger partial charge on any atom is -0.747 e. The van der Waals surface area contributed by atoms with Crippen LogP contribution in [0.5, 0.6) is 0 Å². The first kappa shape index (κ1) is 36.8. The van der Waals surface area contributed by atoms with Crippen LogP contribution in [0, 0.1) is 0 Å². The number of hydrogen-bond acceptors (Lipinski definition) is 10. The van der Waals surface area contributed by atoms with E-state index in [1.165, 1.54) is 19.3 Å². The van der Waals surface area contributed by atoms with Gasteiger partial charge in [0, 0.05) is 6.61 Å². The normalized spacial score (nSPS) is 12.2. The number of hydrogen-bond donors (Lipinski definition) is 2. The number of carboxylic acids is 1. The van der Waals surface area contributed by atoms with Crippen molar-refractivity contribution in [2.24, 2.45) is 0 Å². The van der Waals surface area contributed by atoms with Crippen LogP contribution in [0.25, 0.3) is 0 Å². The van der Waals surface area contributed by atoms with Crippen LogP contribution in [-0.2, 0) is 38.7 Å². The summed E-state index contributed by atoms with van der Waals surface area (Å²) in [6.45, 7) is 3.27. The average Bonchev–Trinajstić information content (AvgIpc) is 2.77. The quantitative estimate of drug-likeness (QED) is 0.0626. The van der Waals surface area contributed by atoms with Crippen molar-refractivity contribution in [2.75, 3.05) is 52.9 Å². The Kier molecular flexibility index (Phi) is 26.7. The van der Waals surface area contributed by atoms with Crippen molar-refractivity contribution in [1.82, 2.24) is 0 Å². The molecule has 13 heteroatoms. The molecule has 0 aromatic carbocycles. The van der Waals surface area contributed by atoms with Crippen molar-refractivity contribution in [2.45, 2.75) is 75.9 Å². The molecule has 0 heterocycles. The molecular weight excluding hydrogens is 495 g/mol. The molecule has 0 aliphatic rings. The first-order chi connectivity index (χ1) is 16.3. The molecule has 0 aliphatic carbocycles. The second-order valence-electron chi connectivity index (χ2n) is 7.84. The molecule has 0 aliphatic heterocycles. The Morgan fingerprint density at radius 3 is 1.51 bits per heavy atom. The van der Waals surface area contributed by atoms with Gasteiger partial charge in [-0.2, -0.15) is 0 Å². The van der Waals surface area contributed by atoms with E-state index in [9.17, 15) is 22.6 Å². The summed E-state index contributed by atoms with van der Waals surface area (Å²) in [6, 6.07) is 0. The van der Waals surface area contributed by atoms with Crippen molar-refractivity contribution in [3.8, 4) is 0 Å². The van der Waals surface area contributed by atoms with E-state index in [1.54, 1.807) is 0 Å². The first-order valence-electron chi connectivity index (χ1n) is 12.0. The van der Waals surface area contributed by atoms with Crippen molar-refractivity contribution >= 4 is 22.1 Å². The summed E-state index contributed by atoms with van der Waals surface area (Å²) in [6.07, 6.45) is 9.40. The summed E-state index contributed by atoms with van der Waals surface area (Å²) >= 11 is 0.